The number of guanidine groups is 1. The number of nitrogens with one attached hydrogen (secondary N) is 2. The van der Waals surface area contributed by atoms with Crippen LogP contribution in [0.15, 0.2) is 34.2 Å². The van der Waals surface area contributed by atoms with Gasteiger partial charge in [0.05, 0.1) is 24.7 Å². The van der Waals surface area contributed by atoms with Gasteiger partial charge in [-0.05, 0) is 37.5 Å². The van der Waals surface area contributed by atoms with Gasteiger partial charge in [0, 0.05) is 31.7 Å². The fourth-order valence-corrected chi connectivity index (χ4v) is 4.91. The van der Waals surface area contributed by atoms with E-state index < -0.39 is 10.0 Å². The van der Waals surface area contributed by atoms with Crippen LogP contribution in [0, 0.1) is 0 Å². The predicted molar refractivity (Wildman–Crippen MR) is 119 cm³/mol. The molecule has 1 aliphatic heterocycles. The van der Waals surface area contributed by atoms with Crippen LogP contribution in [0.3, 0.4) is 0 Å². The second kappa shape index (κ2) is 10.6. The lowest BCUT2D eigenvalue weighted by Crippen LogP contribution is -2.60. The Labute approximate surface area is 180 Å². The molecule has 9 heteroatoms. The van der Waals surface area contributed by atoms with E-state index >= 15 is 0 Å². The van der Waals surface area contributed by atoms with Gasteiger partial charge in [-0.3, -0.25) is 4.90 Å². The number of rotatable bonds is 7. The third-order valence-corrected chi connectivity index (χ3v) is 7.00. The number of nitrogens with zero attached hydrogens (tertiary/aromatic N) is 2. The van der Waals surface area contributed by atoms with Crippen molar-refractivity contribution in [1.82, 2.24) is 15.5 Å². The highest BCUT2D eigenvalue weighted by Gasteiger charge is 2.38. The largest absolute Gasteiger partial charge is 0.379 e. The van der Waals surface area contributed by atoms with E-state index in [4.69, 9.17) is 14.9 Å². The van der Waals surface area contributed by atoms with Gasteiger partial charge in [0.25, 0.3) is 0 Å². The van der Waals surface area contributed by atoms with Crippen LogP contribution in [-0.4, -0.2) is 64.2 Å². The van der Waals surface area contributed by atoms with Crippen LogP contribution >= 0.6 is 0 Å². The summed E-state index contributed by atoms with van der Waals surface area (Å²) < 4.78 is 28.4. The third-order valence-electron chi connectivity index (χ3n) is 6.07. The van der Waals surface area contributed by atoms with Gasteiger partial charge in [-0.25, -0.2) is 18.5 Å². The van der Waals surface area contributed by atoms with Gasteiger partial charge >= 0.3 is 0 Å². The Balaban J connectivity index is 1.66. The minimum atomic E-state index is -3.67. The molecule has 1 saturated heterocycles. The molecule has 2 fully saturated rings. The lowest BCUT2D eigenvalue weighted by atomic mass is 9.80. The molecule has 8 nitrogen and oxygen atoms in total. The molecule has 0 radical (unpaired) electrons. The summed E-state index contributed by atoms with van der Waals surface area (Å²) in [6.07, 6.45) is 6.25. The van der Waals surface area contributed by atoms with E-state index in [0.29, 0.717) is 6.54 Å². The van der Waals surface area contributed by atoms with Crippen molar-refractivity contribution in [2.75, 3.05) is 39.4 Å². The van der Waals surface area contributed by atoms with E-state index in [-0.39, 0.29) is 10.4 Å². The van der Waals surface area contributed by atoms with Gasteiger partial charge in [-0.15, -0.1) is 0 Å². The van der Waals surface area contributed by atoms with E-state index in [1.165, 1.54) is 44.2 Å². The van der Waals surface area contributed by atoms with Crippen molar-refractivity contribution in [3.8, 4) is 0 Å². The van der Waals surface area contributed by atoms with Crippen molar-refractivity contribution in [3.63, 3.8) is 0 Å². The quantitative estimate of drug-likeness (QED) is 0.440. The summed E-state index contributed by atoms with van der Waals surface area (Å²) in [5.74, 6) is 0.784. The van der Waals surface area contributed by atoms with E-state index in [0.717, 1.165) is 50.9 Å². The minimum absolute atomic E-state index is 0.116. The molecule has 0 amide bonds. The summed E-state index contributed by atoms with van der Waals surface area (Å²) in [7, 11) is -3.67. The van der Waals surface area contributed by atoms with E-state index in [2.05, 4.69) is 22.5 Å². The Hall–Kier alpha value is -1.68. The summed E-state index contributed by atoms with van der Waals surface area (Å²) in [5, 5.41) is 12.1. The molecule has 1 aromatic rings. The minimum Gasteiger partial charge on any atom is -0.379 e. The Morgan fingerprint density at radius 3 is 2.40 bits per heavy atom. The average molecular weight is 438 g/mol. The van der Waals surface area contributed by atoms with E-state index in [9.17, 15) is 8.42 Å². The molecule has 3 rings (SSSR count). The number of nitrogens with two attached hydrogens (primary N) is 1. The van der Waals surface area contributed by atoms with Crippen LogP contribution in [0.2, 0.25) is 0 Å². The molecule has 0 unspecified atom stereocenters. The zero-order valence-corrected chi connectivity index (χ0v) is 18.7. The maximum atomic E-state index is 11.4. The van der Waals surface area contributed by atoms with Gasteiger partial charge in [0.15, 0.2) is 5.96 Å². The second-order valence-corrected chi connectivity index (χ2v) is 9.68. The molecular formula is C21H35N5O3S. The molecule has 4 N–H and O–H groups in total. The number of ether oxygens (including phenoxy) is 1. The Bertz CT molecular complexity index is 798. The van der Waals surface area contributed by atoms with E-state index in [1.54, 1.807) is 12.1 Å². The lowest BCUT2D eigenvalue weighted by molar-refractivity contribution is -0.0352. The van der Waals surface area contributed by atoms with Crippen molar-refractivity contribution in [2.24, 2.45) is 10.1 Å². The van der Waals surface area contributed by atoms with E-state index in [1.807, 2.05) is 0 Å². The maximum absolute atomic E-state index is 11.4. The number of hydrogen-bond donors (Lipinski definition) is 3. The van der Waals surface area contributed by atoms with Gasteiger partial charge in [-0.2, -0.15) is 0 Å². The number of benzene rings is 1. The summed E-state index contributed by atoms with van der Waals surface area (Å²) in [6, 6.07) is 6.55. The summed E-state index contributed by atoms with van der Waals surface area (Å²) >= 11 is 0. The number of primary sulfonamides is 1. The van der Waals surface area contributed by atoms with Crippen LogP contribution in [0.25, 0.3) is 0 Å². The number of sulfonamides is 1. The van der Waals surface area contributed by atoms with Gasteiger partial charge in [0.1, 0.15) is 0 Å². The molecule has 30 heavy (non-hydrogen) atoms. The first-order chi connectivity index (χ1) is 14.4. The van der Waals surface area contributed by atoms with Crippen LogP contribution in [0.4, 0.5) is 0 Å². The first kappa shape index (κ1) is 23.0. The fraction of sp³-hybridized carbons (Fsp3) is 0.667. The lowest BCUT2D eigenvalue weighted by Gasteiger charge is -2.48. The normalized spacial score (nSPS) is 20.7. The standard InChI is InChI=1S/C21H35N5O3S/c1-2-23-20(24-16-18-6-8-19(9-7-18)30(22,27)28)25-17-21(10-4-3-5-11-21)26-12-14-29-15-13-26/h6-9H,2-5,10-17H2,1H3,(H2,22,27,28)(H2,23,24,25). The number of aliphatic imine (C=N–C) groups is 1. The summed E-state index contributed by atoms with van der Waals surface area (Å²) in [6.45, 7) is 7.76. The average Bonchev–Trinajstić information content (AvgIpc) is 2.76. The Morgan fingerprint density at radius 2 is 1.80 bits per heavy atom. The van der Waals surface area contributed by atoms with Gasteiger partial charge in [0.2, 0.25) is 10.0 Å². The van der Waals surface area contributed by atoms with Crippen LogP contribution < -0.4 is 15.8 Å². The maximum Gasteiger partial charge on any atom is 0.238 e. The molecule has 1 saturated carbocycles. The Morgan fingerprint density at radius 1 is 1.13 bits per heavy atom. The van der Waals surface area contributed by atoms with Gasteiger partial charge in [-0.1, -0.05) is 31.4 Å². The predicted octanol–water partition coefficient (Wildman–Crippen LogP) is 1.42. The Kier molecular flexibility index (Phi) is 8.10. The molecule has 1 aliphatic carbocycles. The van der Waals surface area contributed by atoms with Gasteiger partial charge < -0.3 is 15.4 Å². The second-order valence-electron chi connectivity index (χ2n) is 8.12. The highest BCUT2D eigenvalue weighted by atomic mass is 32.2. The molecule has 0 aromatic heterocycles. The van der Waals surface area contributed by atoms with Crippen molar-refractivity contribution >= 4 is 16.0 Å². The first-order valence-corrected chi connectivity index (χ1v) is 12.4. The van der Waals surface area contributed by atoms with Crippen LogP contribution in [-0.2, 0) is 21.3 Å². The topological polar surface area (TPSA) is 109 Å². The van der Waals surface area contributed by atoms with Crippen molar-refractivity contribution in [2.45, 2.75) is 56.0 Å². The fourth-order valence-electron chi connectivity index (χ4n) is 4.40. The molecule has 1 heterocycles. The highest BCUT2D eigenvalue weighted by molar-refractivity contribution is 7.89. The van der Waals surface area contributed by atoms with Crippen LogP contribution in [0.1, 0.15) is 44.6 Å². The molecule has 0 bridgehead atoms. The summed E-state index contributed by atoms with van der Waals surface area (Å²) in [5.41, 5.74) is 1.09. The zero-order chi connectivity index (χ0) is 21.5. The molecule has 0 atom stereocenters. The van der Waals surface area contributed by atoms with Crippen molar-refractivity contribution in [3.05, 3.63) is 29.8 Å². The van der Waals surface area contributed by atoms with Crippen LogP contribution in [0.5, 0.6) is 0 Å². The number of hydrogen-bond acceptors (Lipinski definition) is 5. The first-order valence-electron chi connectivity index (χ1n) is 10.9. The van der Waals surface area contributed by atoms with Crippen molar-refractivity contribution in [1.29, 1.82) is 0 Å². The zero-order valence-electron chi connectivity index (χ0n) is 17.9. The smallest absolute Gasteiger partial charge is 0.238 e. The third kappa shape index (κ3) is 6.16. The summed E-state index contributed by atoms with van der Waals surface area (Å²) in [4.78, 5) is 7.43. The monoisotopic (exact) mass is 437 g/mol. The molecule has 1 aromatic carbocycles. The molecule has 2 aliphatic rings. The molecule has 0 spiro atoms. The molecule has 168 valence electrons. The van der Waals surface area contributed by atoms with Crippen molar-refractivity contribution < 1.29 is 13.2 Å². The highest BCUT2D eigenvalue weighted by Crippen LogP contribution is 2.33. The SMILES string of the molecule is CCNC(=NCc1ccc(S(N)(=O)=O)cc1)NCC1(N2CCOCC2)CCCCC1. The molecular weight excluding hydrogens is 402 g/mol. The number of morpholine rings is 1.